The summed E-state index contributed by atoms with van der Waals surface area (Å²) in [5, 5.41) is 2.30. The maximum absolute atomic E-state index is 13.6. The third-order valence-electron chi connectivity index (χ3n) is 6.54. The van der Waals surface area contributed by atoms with Crippen molar-refractivity contribution in [2.45, 2.75) is 58.4 Å². The van der Waals surface area contributed by atoms with Crippen LogP contribution in [0.1, 0.15) is 69.8 Å². The molecule has 5 heteroatoms. The number of benzene rings is 1. The molecule has 1 atom stereocenters. The molecule has 1 amide bonds. The Morgan fingerprint density at radius 1 is 1.18 bits per heavy atom. The topological polar surface area (TPSA) is 49.0 Å². The van der Waals surface area contributed by atoms with Crippen molar-refractivity contribution in [3.8, 4) is 0 Å². The second kappa shape index (κ2) is 7.03. The van der Waals surface area contributed by atoms with Crippen LogP contribution in [0.4, 0.5) is 0 Å². The van der Waals surface area contributed by atoms with Gasteiger partial charge >= 0.3 is 0 Å². The van der Waals surface area contributed by atoms with Gasteiger partial charge in [0.05, 0.1) is 16.7 Å². The predicted molar refractivity (Wildman–Crippen MR) is 114 cm³/mol. The molecule has 1 N–H and O–H groups in total. The van der Waals surface area contributed by atoms with E-state index in [1.165, 1.54) is 65.6 Å². The van der Waals surface area contributed by atoms with Crippen LogP contribution in [-0.4, -0.2) is 27.3 Å². The molecule has 5 rings (SSSR count). The Morgan fingerprint density at radius 3 is 2.71 bits per heavy atom. The van der Waals surface area contributed by atoms with Gasteiger partial charge in [-0.15, -0.1) is 11.3 Å². The summed E-state index contributed by atoms with van der Waals surface area (Å²) in [7, 11) is 0. The Kier molecular flexibility index (Phi) is 4.50. The van der Waals surface area contributed by atoms with Crippen molar-refractivity contribution in [2.24, 2.45) is 5.92 Å². The quantitative estimate of drug-likeness (QED) is 0.619. The molecule has 1 aromatic carbocycles. The lowest BCUT2D eigenvalue weighted by molar-refractivity contribution is 0.0537. The minimum absolute atomic E-state index is 0.158. The van der Waals surface area contributed by atoms with Crippen molar-refractivity contribution in [2.75, 3.05) is 6.54 Å². The van der Waals surface area contributed by atoms with Crippen molar-refractivity contribution < 1.29 is 4.79 Å². The van der Waals surface area contributed by atoms with Gasteiger partial charge in [0.1, 0.15) is 4.88 Å². The lowest BCUT2D eigenvalue weighted by atomic mass is 9.79. The summed E-state index contributed by atoms with van der Waals surface area (Å²) in [4.78, 5) is 24.8. The number of aromatic amines is 1. The summed E-state index contributed by atoms with van der Waals surface area (Å²) in [5.41, 5.74) is 4.78. The SMILES string of the molecule is Cc1nc(C)c(C(=O)N2CCc3c([nH]c4ccccc34)C2C2CCCCC2)s1. The molecule has 3 aromatic rings. The number of nitrogens with one attached hydrogen (secondary N) is 1. The zero-order valence-electron chi connectivity index (χ0n) is 16.6. The van der Waals surface area contributed by atoms with E-state index in [0.717, 1.165) is 28.5 Å². The van der Waals surface area contributed by atoms with E-state index in [1.807, 2.05) is 13.8 Å². The molecule has 146 valence electrons. The largest absolute Gasteiger partial charge is 0.356 e. The Bertz CT molecular complexity index is 1030. The van der Waals surface area contributed by atoms with E-state index in [2.05, 4.69) is 39.1 Å². The van der Waals surface area contributed by atoms with Crippen LogP contribution in [0.5, 0.6) is 0 Å². The number of aryl methyl sites for hydroxylation is 2. The summed E-state index contributed by atoms with van der Waals surface area (Å²) >= 11 is 1.54. The maximum Gasteiger partial charge on any atom is 0.266 e. The van der Waals surface area contributed by atoms with Crippen molar-refractivity contribution in [3.05, 3.63) is 51.1 Å². The molecule has 2 aromatic heterocycles. The summed E-state index contributed by atoms with van der Waals surface area (Å²) in [6.45, 7) is 4.75. The van der Waals surface area contributed by atoms with Crippen molar-refractivity contribution in [3.63, 3.8) is 0 Å². The molecular formula is C23H27N3OS. The Balaban J connectivity index is 1.60. The van der Waals surface area contributed by atoms with Crippen LogP contribution in [0.2, 0.25) is 0 Å². The van der Waals surface area contributed by atoms with Crippen molar-refractivity contribution in [1.82, 2.24) is 14.9 Å². The molecular weight excluding hydrogens is 366 g/mol. The van der Waals surface area contributed by atoms with Gasteiger partial charge in [-0.25, -0.2) is 4.98 Å². The van der Waals surface area contributed by atoms with Crippen LogP contribution in [0.15, 0.2) is 24.3 Å². The predicted octanol–water partition coefficient (Wildman–Crippen LogP) is 5.56. The Hall–Kier alpha value is -2.14. The smallest absolute Gasteiger partial charge is 0.266 e. The van der Waals surface area contributed by atoms with E-state index < -0.39 is 0 Å². The van der Waals surface area contributed by atoms with E-state index in [0.29, 0.717) is 5.92 Å². The molecule has 0 radical (unpaired) electrons. The second-order valence-corrected chi connectivity index (χ2v) is 9.50. The lowest BCUT2D eigenvalue weighted by Gasteiger charge is -2.41. The van der Waals surface area contributed by atoms with E-state index in [4.69, 9.17) is 0 Å². The summed E-state index contributed by atoms with van der Waals surface area (Å²) in [6.07, 6.45) is 7.22. The average molecular weight is 394 g/mol. The highest BCUT2D eigenvalue weighted by molar-refractivity contribution is 7.13. The first kappa shape index (κ1) is 17.9. The number of hydrogen-bond donors (Lipinski definition) is 1. The molecule has 0 bridgehead atoms. The number of carbonyl (C=O) groups excluding carboxylic acids is 1. The number of thiazole rings is 1. The van der Waals surface area contributed by atoms with Gasteiger partial charge in [0.25, 0.3) is 5.91 Å². The molecule has 1 unspecified atom stereocenters. The number of aromatic nitrogens is 2. The first-order valence-electron chi connectivity index (χ1n) is 10.5. The molecule has 28 heavy (non-hydrogen) atoms. The average Bonchev–Trinajstić information content (AvgIpc) is 3.26. The van der Waals surface area contributed by atoms with Crippen molar-refractivity contribution >= 4 is 28.1 Å². The second-order valence-electron chi connectivity index (χ2n) is 8.30. The van der Waals surface area contributed by atoms with Crippen LogP contribution >= 0.6 is 11.3 Å². The fraction of sp³-hybridized carbons (Fsp3) is 0.478. The fourth-order valence-corrected chi connectivity index (χ4v) is 6.17. The molecule has 4 nitrogen and oxygen atoms in total. The van der Waals surface area contributed by atoms with Crippen LogP contribution in [0.3, 0.4) is 0 Å². The number of nitrogens with zero attached hydrogens (tertiary/aromatic N) is 2. The summed E-state index contributed by atoms with van der Waals surface area (Å²) in [5.74, 6) is 0.710. The number of fused-ring (bicyclic) bond motifs is 3. The monoisotopic (exact) mass is 393 g/mol. The zero-order chi connectivity index (χ0) is 19.3. The van der Waals surface area contributed by atoms with Gasteiger partial charge in [0.2, 0.25) is 0 Å². The fourth-order valence-electron chi connectivity index (χ4n) is 5.30. The highest BCUT2D eigenvalue weighted by Crippen LogP contribution is 2.44. The molecule has 0 saturated heterocycles. The molecule has 1 saturated carbocycles. The first-order valence-corrected chi connectivity index (χ1v) is 11.3. The van der Waals surface area contributed by atoms with Crippen LogP contribution in [-0.2, 0) is 6.42 Å². The minimum atomic E-state index is 0.158. The molecule has 0 spiro atoms. The Morgan fingerprint density at radius 2 is 1.96 bits per heavy atom. The number of rotatable bonds is 2. The van der Waals surface area contributed by atoms with Gasteiger partial charge in [-0.3, -0.25) is 4.79 Å². The first-order chi connectivity index (χ1) is 13.6. The molecule has 3 heterocycles. The van der Waals surface area contributed by atoms with E-state index in [9.17, 15) is 4.79 Å². The van der Waals surface area contributed by atoms with Gasteiger partial charge in [-0.05, 0) is 50.7 Å². The van der Waals surface area contributed by atoms with Gasteiger partial charge in [0, 0.05) is 23.1 Å². The highest BCUT2D eigenvalue weighted by atomic mass is 32.1. The van der Waals surface area contributed by atoms with Crippen LogP contribution in [0, 0.1) is 19.8 Å². The van der Waals surface area contributed by atoms with E-state index >= 15 is 0 Å². The van der Waals surface area contributed by atoms with Crippen LogP contribution < -0.4 is 0 Å². The molecule has 1 aliphatic heterocycles. The molecule has 2 aliphatic rings. The van der Waals surface area contributed by atoms with Gasteiger partial charge in [0.15, 0.2) is 0 Å². The van der Waals surface area contributed by atoms with Gasteiger partial charge in [-0.1, -0.05) is 37.5 Å². The maximum atomic E-state index is 13.6. The summed E-state index contributed by atoms with van der Waals surface area (Å²) < 4.78 is 0. The third kappa shape index (κ3) is 2.87. The van der Waals surface area contributed by atoms with Gasteiger partial charge < -0.3 is 9.88 Å². The number of H-pyrrole nitrogens is 1. The molecule has 1 aliphatic carbocycles. The number of para-hydroxylation sites is 1. The number of amides is 1. The third-order valence-corrected chi connectivity index (χ3v) is 7.60. The summed E-state index contributed by atoms with van der Waals surface area (Å²) in [6, 6.07) is 8.75. The zero-order valence-corrected chi connectivity index (χ0v) is 17.4. The lowest BCUT2D eigenvalue weighted by Crippen LogP contribution is -2.43. The van der Waals surface area contributed by atoms with E-state index in [1.54, 1.807) is 0 Å². The number of carbonyl (C=O) groups is 1. The molecule has 1 fully saturated rings. The highest BCUT2D eigenvalue weighted by Gasteiger charge is 2.39. The normalized spacial score (nSPS) is 20.5. The minimum Gasteiger partial charge on any atom is -0.356 e. The van der Waals surface area contributed by atoms with Gasteiger partial charge in [-0.2, -0.15) is 0 Å². The van der Waals surface area contributed by atoms with Crippen LogP contribution in [0.25, 0.3) is 10.9 Å². The van der Waals surface area contributed by atoms with Crippen molar-refractivity contribution in [1.29, 1.82) is 0 Å². The Labute approximate surface area is 170 Å². The number of hydrogen-bond acceptors (Lipinski definition) is 3. The standard InChI is InChI=1S/C23H27N3OS/c1-14-22(28-15(2)24-14)23(27)26-13-12-18-17-10-6-7-11-19(17)25-20(18)21(26)16-8-4-3-5-9-16/h6-7,10-11,16,21,25H,3-5,8-9,12-13H2,1-2H3. The van der Waals surface area contributed by atoms with E-state index in [-0.39, 0.29) is 11.9 Å².